The number of alkyl halides is 2. The van der Waals surface area contributed by atoms with E-state index in [0.717, 1.165) is 57.3 Å². The van der Waals surface area contributed by atoms with Crippen LogP contribution in [0.3, 0.4) is 0 Å². The molecule has 1 saturated carbocycles. The summed E-state index contributed by atoms with van der Waals surface area (Å²) in [5.41, 5.74) is -2.02. The SMILES string of the molecule is C/C=C\CCCC=O.CNCCCN1CCC(CCCO[N+](=O)[O-])CC1.FCC(F)(/C=C/C1CCCC1)COc1ccccc1. The molecular weight excluding hydrogens is 580 g/mol. The minimum absolute atomic E-state index is 0.245. The molecule has 1 aliphatic heterocycles. The molecule has 0 radical (unpaired) electrons. The number of benzene rings is 1. The number of aldehydes is 1. The molecule has 1 aromatic carbocycles. The molecule has 0 spiro atoms. The van der Waals surface area contributed by atoms with Gasteiger partial charge in [0, 0.05) is 6.42 Å². The van der Waals surface area contributed by atoms with E-state index in [1.54, 1.807) is 24.3 Å². The van der Waals surface area contributed by atoms with E-state index in [-0.39, 0.29) is 13.2 Å². The van der Waals surface area contributed by atoms with Crippen molar-refractivity contribution >= 4 is 6.29 Å². The summed E-state index contributed by atoms with van der Waals surface area (Å²) in [5, 5.41) is 12.5. The maximum Gasteiger partial charge on any atom is 0.294 e. The number of hydrogen-bond donors (Lipinski definition) is 1. The smallest absolute Gasteiger partial charge is 0.294 e. The number of likely N-dealkylation sites (tertiary alicyclic amines) is 1. The van der Waals surface area contributed by atoms with E-state index in [1.165, 1.54) is 57.8 Å². The first-order chi connectivity index (χ1) is 21.9. The number of nitrogens with zero attached hydrogens (tertiary/aromatic N) is 2. The number of halogens is 2. The van der Waals surface area contributed by atoms with Crippen LogP contribution in [-0.2, 0) is 9.63 Å². The van der Waals surface area contributed by atoms with Gasteiger partial charge in [0.1, 0.15) is 25.3 Å². The van der Waals surface area contributed by atoms with Crippen molar-refractivity contribution in [3.63, 3.8) is 0 Å². The van der Waals surface area contributed by atoms with Crippen LogP contribution in [-0.4, -0.2) is 75.1 Å². The van der Waals surface area contributed by atoms with Gasteiger partial charge in [-0.3, -0.25) is 0 Å². The summed E-state index contributed by atoms with van der Waals surface area (Å²) in [4.78, 5) is 26.6. The molecule has 1 atom stereocenters. The van der Waals surface area contributed by atoms with Gasteiger partial charge in [-0.25, -0.2) is 8.78 Å². The number of piperidine rings is 1. The standard InChI is InChI=1S/C16H20F2O.C12H25N3O3.C7H12O/c17-12-16(18,11-10-14-6-4-5-7-14)13-19-15-8-2-1-3-9-15;1-13-7-3-8-14-9-5-12(6-10-14)4-2-11-18-15(16)17;1-2-3-4-5-6-7-8/h1-3,8-11,14H,4-7,12-13H2;12-13H,2-11H2,1H3;2-3,7H,4-6H2,1H3/b11-10+;;3-2-. The molecule has 0 amide bonds. The highest BCUT2D eigenvalue weighted by atomic mass is 19.2. The van der Waals surface area contributed by atoms with E-state index in [9.17, 15) is 23.7 Å². The van der Waals surface area contributed by atoms with E-state index in [1.807, 2.05) is 32.2 Å². The summed E-state index contributed by atoms with van der Waals surface area (Å²) < 4.78 is 32.5. The van der Waals surface area contributed by atoms with Gasteiger partial charge in [0.25, 0.3) is 5.09 Å². The van der Waals surface area contributed by atoms with Crippen molar-refractivity contribution in [1.82, 2.24) is 10.2 Å². The van der Waals surface area contributed by atoms with Gasteiger partial charge in [0.05, 0.1) is 6.61 Å². The van der Waals surface area contributed by atoms with Gasteiger partial charge in [-0.15, -0.1) is 10.1 Å². The fourth-order valence-corrected chi connectivity index (χ4v) is 5.28. The maximum atomic E-state index is 14.3. The summed E-state index contributed by atoms with van der Waals surface area (Å²) in [7, 11) is 1.99. The van der Waals surface area contributed by atoms with E-state index >= 15 is 0 Å². The molecular formula is C35H57F2N3O5. The molecule has 1 saturated heterocycles. The van der Waals surface area contributed by atoms with Crippen LogP contribution in [0.5, 0.6) is 5.75 Å². The third-order valence-electron chi connectivity index (χ3n) is 8.00. The van der Waals surface area contributed by atoms with E-state index in [4.69, 9.17) is 4.74 Å². The van der Waals surface area contributed by atoms with Crippen LogP contribution in [0, 0.1) is 22.0 Å². The molecule has 3 rings (SSSR count). The van der Waals surface area contributed by atoms with Crippen molar-refractivity contribution in [2.24, 2.45) is 11.8 Å². The predicted octanol–water partition coefficient (Wildman–Crippen LogP) is 7.72. The Morgan fingerprint density at radius 2 is 1.80 bits per heavy atom. The average molecular weight is 638 g/mol. The number of carbonyl (C=O) groups excluding carboxylic acids is 1. The van der Waals surface area contributed by atoms with E-state index < -0.39 is 17.4 Å². The van der Waals surface area contributed by atoms with Crippen LogP contribution in [0.15, 0.2) is 54.6 Å². The fraction of sp³-hybridized carbons (Fsp3) is 0.686. The quantitative estimate of drug-likeness (QED) is 0.0546. The van der Waals surface area contributed by atoms with Gasteiger partial charge in [-0.1, -0.05) is 49.3 Å². The monoisotopic (exact) mass is 637 g/mol. The van der Waals surface area contributed by atoms with Gasteiger partial charge in [-0.2, -0.15) is 0 Å². The third kappa shape index (κ3) is 21.5. The van der Waals surface area contributed by atoms with Crippen molar-refractivity contribution < 1.29 is 28.2 Å². The van der Waals surface area contributed by atoms with Gasteiger partial charge in [0.2, 0.25) is 0 Å². The Morgan fingerprint density at radius 1 is 1.09 bits per heavy atom. The van der Waals surface area contributed by atoms with E-state index in [2.05, 4.69) is 21.1 Å². The van der Waals surface area contributed by atoms with Crippen molar-refractivity contribution in [1.29, 1.82) is 0 Å². The van der Waals surface area contributed by atoms with Crippen LogP contribution in [0.25, 0.3) is 0 Å². The molecule has 45 heavy (non-hydrogen) atoms. The minimum Gasteiger partial charge on any atom is -0.490 e. The fourth-order valence-electron chi connectivity index (χ4n) is 5.28. The van der Waals surface area contributed by atoms with Gasteiger partial charge in [-0.05, 0) is 128 Å². The lowest BCUT2D eigenvalue weighted by Gasteiger charge is -2.31. The molecule has 2 fully saturated rings. The maximum absolute atomic E-state index is 14.3. The molecule has 1 N–H and O–H groups in total. The Morgan fingerprint density at radius 3 is 2.40 bits per heavy atom. The summed E-state index contributed by atoms with van der Waals surface area (Å²) in [6.45, 7) is 5.50. The summed E-state index contributed by atoms with van der Waals surface area (Å²) in [6, 6.07) is 8.93. The molecule has 1 aliphatic carbocycles. The van der Waals surface area contributed by atoms with Crippen LogP contribution in [0.4, 0.5) is 8.78 Å². The second-order valence-electron chi connectivity index (χ2n) is 11.8. The minimum atomic E-state index is -2.02. The van der Waals surface area contributed by atoms with Crippen LogP contribution in [0.2, 0.25) is 0 Å². The molecule has 256 valence electrons. The summed E-state index contributed by atoms with van der Waals surface area (Å²) in [6.07, 6.45) is 21.0. The Balaban J connectivity index is 0.000000366. The average Bonchev–Trinajstić information content (AvgIpc) is 3.59. The number of rotatable bonds is 19. The van der Waals surface area contributed by atoms with Crippen molar-refractivity contribution in [3.8, 4) is 5.75 Å². The Kier molecular flexibility index (Phi) is 23.5. The highest BCUT2D eigenvalue weighted by Crippen LogP contribution is 2.28. The number of ether oxygens (including phenoxy) is 1. The first-order valence-electron chi connectivity index (χ1n) is 16.7. The number of nitrogens with one attached hydrogen (secondary N) is 1. The van der Waals surface area contributed by atoms with Gasteiger partial charge < -0.3 is 24.6 Å². The molecule has 0 aromatic heterocycles. The zero-order valence-electron chi connectivity index (χ0n) is 27.6. The molecule has 2 aliphatic rings. The predicted molar refractivity (Wildman–Crippen MR) is 177 cm³/mol. The Hall–Kier alpha value is -2.85. The van der Waals surface area contributed by atoms with Crippen molar-refractivity contribution in [2.45, 2.75) is 89.6 Å². The van der Waals surface area contributed by atoms with E-state index in [0.29, 0.717) is 18.1 Å². The number of unbranched alkanes of at least 4 members (excludes halogenated alkanes) is 2. The molecule has 1 heterocycles. The lowest BCUT2D eigenvalue weighted by Crippen LogP contribution is -2.35. The third-order valence-corrected chi connectivity index (χ3v) is 8.00. The normalized spacial score (nSPS) is 17.2. The molecule has 8 nitrogen and oxygen atoms in total. The first-order valence-corrected chi connectivity index (χ1v) is 16.7. The van der Waals surface area contributed by atoms with Crippen LogP contribution in [0.1, 0.15) is 84.0 Å². The molecule has 0 bridgehead atoms. The van der Waals surface area contributed by atoms with Crippen LogP contribution >= 0.6 is 0 Å². The van der Waals surface area contributed by atoms with Gasteiger partial charge >= 0.3 is 0 Å². The Bertz CT molecular complexity index is 923. The lowest BCUT2D eigenvalue weighted by molar-refractivity contribution is -0.757. The van der Waals surface area contributed by atoms with Crippen LogP contribution < -0.4 is 10.1 Å². The van der Waals surface area contributed by atoms with Gasteiger partial charge in [0.15, 0.2) is 5.67 Å². The second kappa shape index (κ2) is 26.4. The summed E-state index contributed by atoms with van der Waals surface area (Å²) in [5.74, 6) is 1.69. The zero-order valence-corrected chi connectivity index (χ0v) is 27.6. The number of hydrogen-bond acceptors (Lipinski definition) is 7. The Labute approximate surface area is 269 Å². The molecule has 1 unspecified atom stereocenters. The zero-order chi connectivity index (χ0) is 33.0. The molecule has 10 heteroatoms. The largest absolute Gasteiger partial charge is 0.490 e. The topological polar surface area (TPSA) is 93.9 Å². The highest BCUT2D eigenvalue weighted by Gasteiger charge is 2.28. The first kappa shape index (κ1) is 40.2. The second-order valence-corrected chi connectivity index (χ2v) is 11.8. The number of allylic oxidation sites excluding steroid dienone is 3. The highest BCUT2D eigenvalue weighted by molar-refractivity contribution is 5.49. The molecule has 1 aromatic rings. The number of carbonyl (C=O) groups is 1. The number of para-hydroxylation sites is 1. The summed E-state index contributed by atoms with van der Waals surface area (Å²) >= 11 is 0. The van der Waals surface area contributed by atoms with Crippen molar-refractivity contribution in [3.05, 3.63) is 64.8 Å². The lowest BCUT2D eigenvalue weighted by atomic mass is 9.92. The van der Waals surface area contributed by atoms with Crippen molar-refractivity contribution in [2.75, 3.05) is 53.1 Å².